The maximum Gasteiger partial charge on any atom is 0.437 e. The van der Waals surface area contributed by atoms with Gasteiger partial charge in [-0.3, -0.25) is 10.1 Å². The van der Waals surface area contributed by atoms with Gasteiger partial charge in [-0.25, -0.2) is 9.59 Å². The van der Waals surface area contributed by atoms with Gasteiger partial charge < -0.3 is 20.1 Å². The van der Waals surface area contributed by atoms with E-state index in [0.717, 1.165) is 5.56 Å². The summed E-state index contributed by atoms with van der Waals surface area (Å²) in [6, 6.07) is 16.0. The number of rotatable bonds is 4. The number of guanidine groups is 1. The van der Waals surface area contributed by atoms with Crippen molar-refractivity contribution in [2.24, 2.45) is 4.99 Å². The van der Waals surface area contributed by atoms with Crippen LogP contribution in [0.5, 0.6) is 0 Å². The standard InChI is InChI=1S/C25H32N4O5/c1-24(2,3)33-22(31)28-21(29-23(32)34-25(4,5)6)26-16-17-11-10-14-19(15-17)27-20(30)18-12-8-7-9-13-18/h7-15H,16H2,1-6H3,(H,27,30)(H2,26,28,29,31,32). The Labute approximate surface area is 199 Å². The van der Waals surface area contributed by atoms with E-state index in [2.05, 4.69) is 20.9 Å². The van der Waals surface area contributed by atoms with Gasteiger partial charge in [0.25, 0.3) is 5.91 Å². The fourth-order valence-corrected chi connectivity index (χ4v) is 2.63. The summed E-state index contributed by atoms with van der Waals surface area (Å²) in [6.45, 7) is 10.5. The van der Waals surface area contributed by atoms with Gasteiger partial charge in [-0.2, -0.15) is 0 Å². The first kappa shape index (κ1) is 26.4. The minimum absolute atomic E-state index is 0.123. The Hall–Kier alpha value is -3.88. The predicted octanol–water partition coefficient (Wildman–Crippen LogP) is 4.84. The molecule has 0 radical (unpaired) electrons. The van der Waals surface area contributed by atoms with E-state index in [0.29, 0.717) is 11.3 Å². The molecule has 9 heteroatoms. The molecule has 0 heterocycles. The maximum absolute atomic E-state index is 12.4. The average molecular weight is 469 g/mol. The summed E-state index contributed by atoms with van der Waals surface area (Å²) in [4.78, 5) is 40.6. The largest absolute Gasteiger partial charge is 0.444 e. The Balaban J connectivity index is 2.10. The summed E-state index contributed by atoms with van der Waals surface area (Å²) in [6.07, 6.45) is -1.64. The first-order valence-electron chi connectivity index (χ1n) is 10.8. The van der Waals surface area contributed by atoms with Gasteiger partial charge in [0.1, 0.15) is 11.2 Å². The molecule has 0 aliphatic heterocycles. The second-order valence-electron chi connectivity index (χ2n) is 9.44. The number of alkyl carbamates (subject to hydrolysis) is 1. The smallest absolute Gasteiger partial charge is 0.437 e. The van der Waals surface area contributed by atoms with E-state index in [1.807, 2.05) is 12.1 Å². The number of ether oxygens (including phenoxy) is 2. The van der Waals surface area contributed by atoms with Crippen LogP contribution in [0, 0.1) is 0 Å². The molecule has 0 aliphatic rings. The zero-order valence-electron chi connectivity index (χ0n) is 20.4. The molecule has 3 amide bonds. The number of benzene rings is 2. The van der Waals surface area contributed by atoms with E-state index >= 15 is 0 Å². The van der Waals surface area contributed by atoms with Crippen LogP contribution < -0.4 is 16.0 Å². The normalized spacial score (nSPS) is 11.9. The van der Waals surface area contributed by atoms with Crippen molar-refractivity contribution >= 4 is 29.7 Å². The number of nitrogens with one attached hydrogen (secondary N) is 3. The number of anilines is 1. The van der Waals surface area contributed by atoms with Crippen LogP contribution in [0.25, 0.3) is 0 Å². The van der Waals surface area contributed by atoms with Crippen LogP contribution in [0.15, 0.2) is 59.6 Å². The highest BCUT2D eigenvalue weighted by molar-refractivity contribution is 6.04. The van der Waals surface area contributed by atoms with Gasteiger partial charge in [0, 0.05) is 17.8 Å². The van der Waals surface area contributed by atoms with Crippen molar-refractivity contribution in [3.63, 3.8) is 0 Å². The zero-order valence-corrected chi connectivity index (χ0v) is 20.4. The molecule has 9 nitrogen and oxygen atoms in total. The van der Waals surface area contributed by atoms with E-state index in [1.54, 1.807) is 84.0 Å². The number of amides is 3. The molecule has 0 fully saturated rings. The highest BCUT2D eigenvalue weighted by atomic mass is 16.6. The summed E-state index contributed by atoms with van der Waals surface area (Å²) in [5, 5.41) is 8.18. The third-order valence-corrected chi connectivity index (χ3v) is 3.90. The SMILES string of the molecule is CC(C)(C)OC(=O)/N=C(\NCc1cccc(NC(=O)c2ccccc2)c1)NC(=O)OC(C)(C)C. The molecule has 0 bridgehead atoms. The Morgan fingerprint density at radius 2 is 1.50 bits per heavy atom. The molecule has 0 atom stereocenters. The molecule has 0 saturated heterocycles. The van der Waals surface area contributed by atoms with Crippen molar-refractivity contribution in [2.45, 2.75) is 59.3 Å². The van der Waals surface area contributed by atoms with Gasteiger partial charge in [-0.1, -0.05) is 30.3 Å². The Bertz CT molecular complexity index is 1040. The molecule has 0 saturated carbocycles. The van der Waals surface area contributed by atoms with E-state index < -0.39 is 23.4 Å². The fourth-order valence-electron chi connectivity index (χ4n) is 2.63. The lowest BCUT2D eigenvalue weighted by Gasteiger charge is -2.21. The van der Waals surface area contributed by atoms with Crippen LogP contribution >= 0.6 is 0 Å². The zero-order chi connectivity index (χ0) is 25.4. The van der Waals surface area contributed by atoms with Crippen LogP contribution in [0.3, 0.4) is 0 Å². The van der Waals surface area contributed by atoms with Gasteiger partial charge >= 0.3 is 12.2 Å². The van der Waals surface area contributed by atoms with Crippen molar-refractivity contribution < 1.29 is 23.9 Å². The molecule has 2 rings (SSSR count). The Morgan fingerprint density at radius 1 is 0.853 bits per heavy atom. The first-order valence-corrected chi connectivity index (χ1v) is 10.8. The highest BCUT2D eigenvalue weighted by Gasteiger charge is 2.20. The fraction of sp³-hybridized carbons (Fsp3) is 0.360. The second kappa shape index (κ2) is 11.3. The molecule has 2 aromatic carbocycles. The van der Waals surface area contributed by atoms with Crippen molar-refractivity contribution in [2.75, 3.05) is 5.32 Å². The lowest BCUT2D eigenvalue weighted by Crippen LogP contribution is -2.44. The summed E-state index contributed by atoms with van der Waals surface area (Å²) in [5.41, 5.74) is 0.432. The summed E-state index contributed by atoms with van der Waals surface area (Å²) in [7, 11) is 0. The van der Waals surface area contributed by atoms with Crippen LogP contribution in [-0.2, 0) is 16.0 Å². The second-order valence-corrected chi connectivity index (χ2v) is 9.44. The van der Waals surface area contributed by atoms with E-state index in [4.69, 9.17) is 9.47 Å². The van der Waals surface area contributed by atoms with Gasteiger partial charge in [0.15, 0.2) is 0 Å². The minimum atomic E-state index is -0.866. The number of aliphatic imine (C=N–C) groups is 1. The molecule has 34 heavy (non-hydrogen) atoms. The lowest BCUT2D eigenvalue weighted by atomic mass is 10.1. The van der Waals surface area contributed by atoms with Crippen LogP contribution in [0.1, 0.15) is 57.5 Å². The Morgan fingerprint density at radius 3 is 2.12 bits per heavy atom. The number of hydrogen-bond acceptors (Lipinski definition) is 5. The topological polar surface area (TPSA) is 118 Å². The summed E-state index contributed by atoms with van der Waals surface area (Å²) < 4.78 is 10.4. The average Bonchev–Trinajstić information content (AvgIpc) is 2.70. The molecule has 3 N–H and O–H groups in total. The monoisotopic (exact) mass is 468 g/mol. The quantitative estimate of drug-likeness (QED) is 0.436. The summed E-state index contributed by atoms with van der Waals surface area (Å²) >= 11 is 0. The minimum Gasteiger partial charge on any atom is -0.444 e. The molecule has 0 aromatic heterocycles. The molecule has 2 aromatic rings. The molecule has 0 spiro atoms. The highest BCUT2D eigenvalue weighted by Crippen LogP contribution is 2.13. The van der Waals surface area contributed by atoms with Crippen molar-refractivity contribution in [1.29, 1.82) is 0 Å². The van der Waals surface area contributed by atoms with Gasteiger partial charge in [-0.15, -0.1) is 4.99 Å². The lowest BCUT2D eigenvalue weighted by molar-refractivity contribution is 0.0560. The van der Waals surface area contributed by atoms with Gasteiger partial charge in [0.05, 0.1) is 0 Å². The van der Waals surface area contributed by atoms with Crippen LogP contribution in [0.4, 0.5) is 15.3 Å². The van der Waals surface area contributed by atoms with Gasteiger partial charge in [-0.05, 0) is 71.4 Å². The number of nitrogens with zero attached hydrogens (tertiary/aromatic N) is 1. The molecular weight excluding hydrogens is 436 g/mol. The molecule has 0 aliphatic carbocycles. The third kappa shape index (κ3) is 10.2. The Kier molecular flexibility index (Phi) is 8.77. The van der Waals surface area contributed by atoms with Crippen molar-refractivity contribution in [1.82, 2.24) is 10.6 Å². The number of hydrogen-bond donors (Lipinski definition) is 3. The van der Waals surface area contributed by atoms with Crippen LogP contribution in [0.2, 0.25) is 0 Å². The summed E-state index contributed by atoms with van der Waals surface area (Å²) in [5.74, 6) is -0.355. The van der Waals surface area contributed by atoms with E-state index in [9.17, 15) is 14.4 Å². The van der Waals surface area contributed by atoms with Crippen molar-refractivity contribution in [3.8, 4) is 0 Å². The van der Waals surface area contributed by atoms with E-state index in [-0.39, 0.29) is 18.4 Å². The van der Waals surface area contributed by atoms with E-state index in [1.165, 1.54) is 0 Å². The van der Waals surface area contributed by atoms with Crippen LogP contribution in [-0.4, -0.2) is 35.3 Å². The molecule has 182 valence electrons. The third-order valence-electron chi connectivity index (χ3n) is 3.90. The number of carbonyl (C=O) groups excluding carboxylic acids is 3. The molecular formula is C25H32N4O5. The van der Waals surface area contributed by atoms with Gasteiger partial charge in [0.2, 0.25) is 5.96 Å². The molecule has 0 unspecified atom stereocenters. The number of carbonyl (C=O) groups is 3. The predicted molar refractivity (Wildman–Crippen MR) is 131 cm³/mol. The maximum atomic E-state index is 12.4. The van der Waals surface area contributed by atoms with Crippen molar-refractivity contribution in [3.05, 3.63) is 65.7 Å². The first-order chi connectivity index (χ1) is 15.8.